The Morgan fingerprint density at radius 1 is 1.07 bits per heavy atom. The van der Waals surface area contributed by atoms with E-state index in [1.807, 2.05) is 12.1 Å². The summed E-state index contributed by atoms with van der Waals surface area (Å²) in [5.74, 6) is 1.10. The molecule has 1 saturated carbocycles. The maximum atomic E-state index is 12.6. The lowest BCUT2D eigenvalue weighted by molar-refractivity contribution is -0.126. The SMILES string of the molecule is COc1cccc(-c2ccc(CN3CCCC3C(=O)NC3CCC3)cc2)c1. The summed E-state index contributed by atoms with van der Waals surface area (Å²) in [7, 11) is 1.69. The number of nitrogens with one attached hydrogen (secondary N) is 1. The van der Waals surface area contributed by atoms with Gasteiger partial charge in [-0.3, -0.25) is 9.69 Å². The second-order valence-electron chi connectivity index (χ2n) is 7.69. The number of hydrogen-bond acceptors (Lipinski definition) is 3. The fraction of sp³-hybridized carbons (Fsp3) is 0.435. The molecule has 0 radical (unpaired) electrons. The molecule has 1 amide bonds. The Hall–Kier alpha value is -2.33. The van der Waals surface area contributed by atoms with Crippen LogP contribution in [-0.4, -0.2) is 36.5 Å². The van der Waals surface area contributed by atoms with E-state index in [-0.39, 0.29) is 11.9 Å². The van der Waals surface area contributed by atoms with E-state index in [1.165, 1.54) is 17.5 Å². The number of likely N-dealkylation sites (tertiary alicyclic amines) is 1. The van der Waals surface area contributed by atoms with Crippen molar-refractivity contribution in [1.82, 2.24) is 10.2 Å². The molecule has 1 heterocycles. The zero-order valence-electron chi connectivity index (χ0n) is 16.0. The van der Waals surface area contributed by atoms with Crippen molar-refractivity contribution in [3.8, 4) is 16.9 Å². The number of amides is 1. The molecule has 1 N–H and O–H groups in total. The quantitative estimate of drug-likeness (QED) is 0.842. The first kappa shape index (κ1) is 18.1. The fourth-order valence-corrected chi connectivity index (χ4v) is 4.00. The Balaban J connectivity index is 1.40. The number of carbonyl (C=O) groups is 1. The Bertz CT molecular complexity index is 783. The average molecular weight is 364 g/mol. The summed E-state index contributed by atoms with van der Waals surface area (Å²) in [6.45, 7) is 1.83. The zero-order chi connectivity index (χ0) is 18.6. The van der Waals surface area contributed by atoms with Gasteiger partial charge in [-0.2, -0.15) is 0 Å². The minimum absolute atomic E-state index is 0.0312. The van der Waals surface area contributed by atoms with E-state index in [9.17, 15) is 4.79 Å². The van der Waals surface area contributed by atoms with E-state index in [0.717, 1.165) is 50.1 Å². The van der Waals surface area contributed by atoms with E-state index >= 15 is 0 Å². The van der Waals surface area contributed by atoms with E-state index in [4.69, 9.17) is 4.74 Å². The summed E-state index contributed by atoms with van der Waals surface area (Å²) in [6.07, 6.45) is 5.61. The highest BCUT2D eigenvalue weighted by molar-refractivity contribution is 5.82. The summed E-state index contributed by atoms with van der Waals surface area (Å²) in [5, 5.41) is 3.22. The van der Waals surface area contributed by atoms with Crippen molar-refractivity contribution in [3.63, 3.8) is 0 Å². The first-order valence-electron chi connectivity index (χ1n) is 10.0. The van der Waals surface area contributed by atoms with Gasteiger partial charge in [0.15, 0.2) is 0 Å². The van der Waals surface area contributed by atoms with Crippen LogP contribution < -0.4 is 10.1 Å². The van der Waals surface area contributed by atoms with Crippen LogP contribution in [0.5, 0.6) is 5.75 Å². The van der Waals surface area contributed by atoms with Gasteiger partial charge in [-0.05, 0) is 67.5 Å². The van der Waals surface area contributed by atoms with Gasteiger partial charge < -0.3 is 10.1 Å². The van der Waals surface area contributed by atoms with Crippen molar-refractivity contribution < 1.29 is 9.53 Å². The van der Waals surface area contributed by atoms with E-state index in [0.29, 0.717) is 6.04 Å². The van der Waals surface area contributed by atoms with Gasteiger partial charge in [0, 0.05) is 12.6 Å². The fourth-order valence-electron chi connectivity index (χ4n) is 4.00. The monoisotopic (exact) mass is 364 g/mol. The smallest absolute Gasteiger partial charge is 0.237 e. The van der Waals surface area contributed by atoms with Crippen molar-refractivity contribution in [1.29, 1.82) is 0 Å². The van der Waals surface area contributed by atoms with Crippen molar-refractivity contribution in [2.45, 2.75) is 50.7 Å². The van der Waals surface area contributed by atoms with Crippen LogP contribution in [-0.2, 0) is 11.3 Å². The average Bonchev–Trinajstić information content (AvgIpc) is 3.13. The zero-order valence-corrected chi connectivity index (χ0v) is 16.0. The molecule has 4 heteroatoms. The van der Waals surface area contributed by atoms with Gasteiger partial charge in [-0.15, -0.1) is 0 Å². The van der Waals surface area contributed by atoms with Crippen molar-refractivity contribution in [2.24, 2.45) is 0 Å². The van der Waals surface area contributed by atoms with E-state index in [2.05, 4.69) is 46.6 Å². The van der Waals surface area contributed by atoms with Gasteiger partial charge in [-0.1, -0.05) is 36.4 Å². The molecular weight excluding hydrogens is 336 g/mol. The Morgan fingerprint density at radius 2 is 1.89 bits per heavy atom. The first-order valence-corrected chi connectivity index (χ1v) is 10.0. The van der Waals surface area contributed by atoms with Gasteiger partial charge in [0.25, 0.3) is 0 Å². The molecular formula is C23H28N2O2. The molecule has 2 aromatic rings. The topological polar surface area (TPSA) is 41.6 Å². The highest BCUT2D eigenvalue weighted by Crippen LogP contribution is 2.26. The van der Waals surface area contributed by atoms with Crippen molar-refractivity contribution in [2.75, 3.05) is 13.7 Å². The molecule has 2 fully saturated rings. The first-order chi connectivity index (χ1) is 13.2. The van der Waals surface area contributed by atoms with Crippen LogP contribution in [0.3, 0.4) is 0 Å². The number of hydrogen-bond donors (Lipinski definition) is 1. The summed E-state index contributed by atoms with van der Waals surface area (Å²) in [5.41, 5.74) is 3.59. The Kier molecular flexibility index (Phi) is 5.44. The standard InChI is InChI=1S/C23H28N2O2/c1-27-21-8-2-5-19(15-21)18-12-10-17(11-13-18)16-25-14-4-9-22(25)23(26)24-20-6-3-7-20/h2,5,8,10-13,15,20,22H,3-4,6-7,9,14,16H2,1H3,(H,24,26). The summed E-state index contributed by atoms with van der Waals surface area (Å²) in [4.78, 5) is 14.9. The third kappa shape index (κ3) is 4.16. The molecule has 1 atom stereocenters. The van der Waals surface area contributed by atoms with Crippen LogP contribution >= 0.6 is 0 Å². The normalized spacial score (nSPS) is 20.3. The predicted molar refractivity (Wildman–Crippen MR) is 108 cm³/mol. The molecule has 4 rings (SSSR count). The van der Waals surface area contributed by atoms with Crippen LogP contribution in [0.2, 0.25) is 0 Å². The minimum atomic E-state index is 0.0312. The van der Waals surface area contributed by atoms with Gasteiger partial charge in [0.1, 0.15) is 5.75 Å². The molecule has 142 valence electrons. The Labute approximate surface area is 161 Å². The summed E-state index contributed by atoms with van der Waals surface area (Å²) >= 11 is 0. The molecule has 27 heavy (non-hydrogen) atoms. The van der Waals surface area contributed by atoms with Crippen LogP contribution in [0, 0.1) is 0 Å². The second-order valence-corrected chi connectivity index (χ2v) is 7.69. The number of ether oxygens (including phenoxy) is 1. The van der Waals surface area contributed by atoms with Crippen LogP contribution in [0.1, 0.15) is 37.7 Å². The van der Waals surface area contributed by atoms with Gasteiger partial charge in [0.05, 0.1) is 13.2 Å². The van der Waals surface area contributed by atoms with Crippen molar-refractivity contribution >= 4 is 5.91 Å². The highest BCUT2D eigenvalue weighted by Gasteiger charge is 2.32. The summed E-state index contributed by atoms with van der Waals surface area (Å²) in [6, 6.07) is 17.2. The van der Waals surface area contributed by atoms with E-state index < -0.39 is 0 Å². The lowest BCUT2D eigenvalue weighted by Crippen LogP contribution is -2.48. The maximum absolute atomic E-state index is 12.6. The molecule has 0 bridgehead atoms. The molecule has 1 aliphatic heterocycles. The van der Waals surface area contributed by atoms with Crippen LogP contribution in [0.4, 0.5) is 0 Å². The van der Waals surface area contributed by atoms with E-state index in [1.54, 1.807) is 7.11 Å². The third-order valence-electron chi connectivity index (χ3n) is 5.86. The van der Waals surface area contributed by atoms with Gasteiger partial charge >= 0.3 is 0 Å². The molecule has 1 saturated heterocycles. The molecule has 1 unspecified atom stereocenters. The molecule has 4 nitrogen and oxygen atoms in total. The molecule has 2 aromatic carbocycles. The Morgan fingerprint density at radius 3 is 2.59 bits per heavy atom. The second kappa shape index (κ2) is 8.13. The van der Waals surface area contributed by atoms with Crippen molar-refractivity contribution in [3.05, 3.63) is 54.1 Å². The number of methoxy groups -OCH3 is 1. The molecule has 1 aliphatic carbocycles. The largest absolute Gasteiger partial charge is 0.497 e. The highest BCUT2D eigenvalue weighted by atomic mass is 16.5. The van der Waals surface area contributed by atoms with Gasteiger partial charge in [0.2, 0.25) is 5.91 Å². The predicted octanol–water partition coefficient (Wildman–Crippen LogP) is 4.00. The molecule has 2 aliphatic rings. The third-order valence-corrected chi connectivity index (χ3v) is 5.86. The molecule has 0 spiro atoms. The van der Waals surface area contributed by atoms with Gasteiger partial charge in [-0.25, -0.2) is 0 Å². The van der Waals surface area contributed by atoms with Crippen LogP contribution in [0.25, 0.3) is 11.1 Å². The number of rotatable bonds is 6. The maximum Gasteiger partial charge on any atom is 0.237 e. The number of nitrogens with zero attached hydrogens (tertiary/aromatic N) is 1. The molecule has 0 aromatic heterocycles. The summed E-state index contributed by atoms with van der Waals surface area (Å²) < 4.78 is 5.32. The lowest BCUT2D eigenvalue weighted by Gasteiger charge is -2.30. The van der Waals surface area contributed by atoms with Crippen LogP contribution in [0.15, 0.2) is 48.5 Å². The minimum Gasteiger partial charge on any atom is -0.497 e. The lowest BCUT2D eigenvalue weighted by atomic mass is 9.93. The number of benzene rings is 2. The number of carbonyl (C=O) groups excluding carboxylic acids is 1.